The number of thiazole rings is 1. The number of carbonyl (C=O) groups is 1. The summed E-state index contributed by atoms with van der Waals surface area (Å²) in [5.74, 6) is 1.49. The highest BCUT2D eigenvalue weighted by Crippen LogP contribution is 2.29. The number of ether oxygens (including phenoxy) is 1. The molecule has 0 spiro atoms. The number of amides is 1. The quantitative estimate of drug-likeness (QED) is 0.792. The molecule has 0 saturated carbocycles. The average molecular weight is 362 g/mol. The minimum Gasteiger partial charge on any atom is -0.494 e. The highest BCUT2D eigenvalue weighted by Gasteiger charge is 2.15. The van der Waals surface area contributed by atoms with Gasteiger partial charge in [-0.25, -0.2) is 4.98 Å². The summed E-state index contributed by atoms with van der Waals surface area (Å²) >= 11 is 3.10. The highest BCUT2D eigenvalue weighted by molar-refractivity contribution is 7.98. The van der Waals surface area contributed by atoms with Gasteiger partial charge in [-0.15, -0.1) is 12.4 Å². The zero-order valence-corrected chi connectivity index (χ0v) is 14.9. The van der Waals surface area contributed by atoms with Gasteiger partial charge >= 0.3 is 0 Å². The number of halogens is 1. The zero-order valence-electron chi connectivity index (χ0n) is 12.5. The molecule has 122 valence electrons. The van der Waals surface area contributed by atoms with Gasteiger partial charge in [-0.05, 0) is 43.6 Å². The van der Waals surface area contributed by atoms with E-state index in [-0.39, 0.29) is 18.3 Å². The lowest BCUT2D eigenvalue weighted by Crippen LogP contribution is -2.36. The molecule has 3 N–H and O–H groups in total. The SMILES string of the molecule is CCOc1ccc2nc(NC(=O)[C@@H](N)CCSC)sc2c1.Cl. The summed E-state index contributed by atoms with van der Waals surface area (Å²) in [5.41, 5.74) is 6.68. The maximum atomic E-state index is 12.0. The number of carbonyl (C=O) groups excluding carboxylic acids is 1. The molecule has 0 fully saturated rings. The molecule has 0 bridgehead atoms. The van der Waals surface area contributed by atoms with Gasteiger partial charge in [-0.1, -0.05) is 11.3 Å². The van der Waals surface area contributed by atoms with E-state index >= 15 is 0 Å². The Labute approximate surface area is 144 Å². The van der Waals surface area contributed by atoms with Crippen molar-refractivity contribution in [2.24, 2.45) is 5.73 Å². The minimum absolute atomic E-state index is 0. The van der Waals surface area contributed by atoms with Crippen molar-refractivity contribution < 1.29 is 9.53 Å². The number of benzene rings is 1. The number of rotatable bonds is 7. The third-order valence-corrected chi connectivity index (χ3v) is 4.45. The molecule has 0 aliphatic carbocycles. The van der Waals surface area contributed by atoms with Crippen molar-refractivity contribution in [3.63, 3.8) is 0 Å². The number of thioether (sulfide) groups is 1. The molecular formula is C14H20ClN3O2S2. The predicted molar refractivity (Wildman–Crippen MR) is 97.6 cm³/mol. The molecule has 0 unspecified atom stereocenters. The summed E-state index contributed by atoms with van der Waals surface area (Å²) in [6, 6.07) is 5.20. The third kappa shape index (κ3) is 5.01. The minimum atomic E-state index is -0.497. The van der Waals surface area contributed by atoms with E-state index in [1.54, 1.807) is 11.8 Å². The summed E-state index contributed by atoms with van der Waals surface area (Å²) in [4.78, 5) is 16.3. The van der Waals surface area contributed by atoms with E-state index in [9.17, 15) is 4.79 Å². The summed E-state index contributed by atoms with van der Waals surface area (Å²) in [7, 11) is 0. The van der Waals surface area contributed by atoms with Gasteiger partial charge in [0.05, 0.1) is 22.9 Å². The van der Waals surface area contributed by atoms with Crippen LogP contribution in [0.25, 0.3) is 10.2 Å². The predicted octanol–water partition coefficient (Wildman–Crippen LogP) is 3.14. The molecule has 0 saturated heterocycles. The number of nitrogens with two attached hydrogens (primary N) is 1. The van der Waals surface area contributed by atoms with Crippen LogP contribution in [-0.4, -0.2) is 35.5 Å². The Morgan fingerprint density at radius 2 is 2.32 bits per heavy atom. The van der Waals surface area contributed by atoms with Gasteiger partial charge in [0.25, 0.3) is 0 Å². The largest absolute Gasteiger partial charge is 0.494 e. The normalized spacial score (nSPS) is 11.8. The van der Waals surface area contributed by atoms with Crippen LogP contribution >= 0.6 is 35.5 Å². The third-order valence-electron chi connectivity index (χ3n) is 2.87. The van der Waals surface area contributed by atoms with Crippen molar-refractivity contribution in [2.45, 2.75) is 19.4 Å². The van der Waals surface area contributed by atoms with Crippen LogP contribution in [0.3, 0.4) is 0 Å². The van der Waals surface area contributed by atoms with Crippen LogP contribution in [0.2, 0.25) is 0 Å². The number of aromatic nitrogens is 1. The van der Waals surface area contributed by atoms with Crippen LogP contribution < -0.4 is 15.8 Å². The Hall–Kier alpha value is -1.02. The highest BCUT2D eigenvalue weighted by atomic mass is 35.5. The van der Waals surface area contributed by atoms with Gasteiger partial charge in [0.2, 0.25) is 5.91 Å². The van der Waals surface area contributed by atoms with E-state index in [1.807, 2.05) is 31.4 Å². The van der Waals surface area contributed by atoms with Crippen molar-refractivity contribution in [2.75, 3.05) is 23.9 Å². The van der Waals surface area contributed by atoms with E-state index < -0.39 is 6.04 Å². The van der Waals surface area contributed by atoms with Crippen LogP contribution in [0.15, 0.2) is 18.2 Å². The fourth-order valence-electron chi connectivity index (χ4n) is 1.79. The fraction of sp³-hybridized carbons (Fsp3) is 0.429. The van der Waals surface area contributed by atoms with Crippen molar-refractivity contribution in [3.05, 3.63) is 18.2 Å². The summed E-state index contributed by atoms with van der Waals surface area (Å²) in [6.45, 7) is 2.57. The molecule has 1 heterocycles. The lowest BCUT2D eigenvalue weighted by Gasteiger charge is -2.09. The van der Waals surface area contributed by atoms with E-state index in [2.05, 4.69) is 10.3 Å². The molecule has 0 radical (unpaired) electrons. The molecule has 0 aliphatic rings. The van der Waals surface area contributed by atoms with E-state index in [4.69, 9.17) is 10.5 Å². The smallest absolute Gasteiger partial charge is 0.243 e. The van der Waals surface area contributed by atoms with Crippen LogP contribution in [0.1, 0.15) is 13.3 Å². The van der Waals surface area contributed by atoms with E-state index in [0.717, 1.165) is 21.7 Å². The first-order valence-corrected chi connectivity index (χ1v) is 8.94. The number of nitrogens with zero attached hydrogens (tertiary/aromatic N) is 1. The van der Waals surface area contributed by atoms with Crippen LogP contribution in [0.4, 0.5) is 5.13 Å². The van der Waals surface area contributed by atoms with Crippen molar-refractivity contribution in [1.82, 2.24) is 4.98 Å². The van der Waals surface area contributed by atoms with E-state index in [0.29, 0.717) is 18.2 Å². The molecule has 1 aromatic carbocycles. The maximum Gasteiger partial charge on any atom is 0.243 e. The second-order valence-electron chi connectivity index (χ2n) is 4.46. The Bertz CT molecular complexity index is 621. The number of hydrogen-bond donors (Lipinski definition) is 2. The standard InChI is InChI=1S/C14H19N3O2S2.ClH/c1-3-19-9-4-5-11-12(8-9)21-14(16-11)17-13(18)10(15)6-7-20-2;/h4-5,8,10H,3,6-7,15H2,1-2H3,(H,16,17,18);1H/t10-;/m0./s1. The van der Waals surface area contributed by atoms with Crippen molar-refractivity contribution in [1.29, 1.82) is 0 Å². The van der Waals surface area contributed by atoms with Crippen molar-refractivity contribution >= 4 is 56.8 Å². The van der Waals surface area contributed by atoms with Gasteiger partial charge < -0.3 is 15.8 Å². The molecule has 2 aromatic rings. The van der Waals surface area contributed by atoms with Crippen LogP contribution in [0.5, 0.6) is 5.75 Å². The number of anilines is 1. The summed E-state index contributed by atoms with van der Waals surface area (Å²) < 4.78 is 6.44. The van der Waals surface area contributed by atoms with Gasteiger partial charge in [0.15, 0.2) is 5.13 Å². The first-order chi connectivity index (χ1) is 10.1. The summed E-state index contributed by atoms with van der Waals surface area (Å²) in [6.07, 6.45) is 2.65. The fourth-order valence-corrected chi connectivity index (χ4v) is 3.18. The van der Waals surface area contributed by atoms with Crippen LogP contribution in [-0.2, 0) is 4.79 Å². The maximum absolute atomic E-state index is 12.0. The molecule has 1 atom stereocenters. The molecule has 1 aromatic heterocycles. The Balaban J connectivity index is 0.00000242. The van der Waals surface area contributed by atoms with Gasteiger partial charge in [-0.2, -0.15) is 11.8 Å². The number of fused-ring (bicyclic) bond motifs is 1. The lowest BCUT2D eigenvalue weighted by atomic mass is 10.2. The number of hydrogen-bond acceptors (Lipinski definition) is 6. The Morgan fingerprint density at radius 1 is 1.55 bits per heavy atom. The number of nitrogens with one attached hydrogen (secondary N) is 1. The molecule has 1 amide bonds. The second-order valence-corrected chi connectivity index (χ2v) is 6.48. The van der Waals surface area contributed by atoms with E-state index in [1.165, 1.54) is 11.3 Å². The first kappa shape index (κ1) is 19.0. The van der Waals surface area contributed by atoms with Gasteiger partial charge in [0.1, 0.15) is 5.75 Å². The molecule has 2 rings (SSSR count). The molecule has 5 nitrogen and oxygen atoms in total. The zero-order chi connectivity index (χ0) is 15.2. The topological polar surface area (TPSA) is 77.2 Å². The lowest BCUT2D eigenvalue weighted by molar-refractivity contribution is -0.117. The second kappa shape index (κ2) is 9.19. The van der Waals surface area contributed by atoms with Crippen LogP contribution in [0, 0.1) is 0 Å². The summed E-state index contributed by atoms with van der Waals surface area (Å²) in [5, 5.41) is 3.36. The Morgan fingerprint density at radius 3 is 3.00 bits per heavy atom. The van der Waals surface area contributed by atoms with Gasteiger partial charge in [-0.3, -0.25) is 4.79 Å². The van der Waals surface area contributed by atoms with Gasteiger partial charge in [0, 0.05) is 0 Å². The molecular weight excluding hydrogens is 342 g/mol. The monoisotopic (exact) mass is 361 g/mol. The van der Waals surface area contributed by atoms with Crippen molar-refractivity contribution in [3.8, 4) is 5.75 Å². The molecule has 0 aliphatic heterocycles. The molecule has 22 heavy (non-hydrogen) atoms. The molecule has 8 heteroatoms. The average Bonchev–Trinajstić information content (AvgIpc) is 2.86. The first-order valence-electron chi connectivity index (χ1n) is 6.72. The Kier molecular flexibility index (Phi) is 7.95.